The van der Waals surface area contributed by atoms with Gasteiger partial charge >= 0.3 is 17.9 Å². The SMILES string of the molecule is CC(O)C1(Oc2nsnc2N2CCOCC2)OC(=O)C=CC(=O)O1. The van der Waals surface area contributed by atoms with E-state index in [0.717, 1.165) is 23.9 Å². The van der Waals surface area contributed by atoms with Crippen LogP contribution < -0.4 is 9.64 Å². The van der Waals surface area contributed by atoms with Gasteiger partial charge in [0.1, 0.15) is 0 Å². The van der Waals surface area contributed by atoms with Crippen molar-refractivity contribution >= 4 is 29.5 Å². The van der Waals surface area contributed by atoms with Gasteiger partial charge in [0.2, 0.25) is 5.82 Å². The Kier molecular flexibility index (Phi) is 4.64. The summed E-state index contributed by atoms with van der Waals surface area (Å²) in [5.41, 5.74) is 0. The second kappa shape index (κ2) is 6.71. The van der Waals surface area contributed by atoms with Gasteiger partial charge in [0, 0.05) is 25.2 Å². The molecule has 0 spiro atoms. The zero-order valence-electron chi connectivity index (χ0n) is 12.7. The van der Waals surface area contributed by atoms with Gasteiger partial charge in [-0.1, -0.05) is 0 Å². The molecule has 0 aliphatic carbocycles. The molecule has 1 aromatic heterocycles. The Bertz CT molecular complexity index is 634. The number of aliphatic hydroxyl groups excluding tert-OH is 1. The molecule has 1 fully saturated rings. The summed E-state index contributed by atoms with van der Waals surface area (Å²) >= 11 is 0.880. The second-order valence-corrected chi connectivity index (χ2v) is 5.58. The number of rotatable bonds is 4. The number of hydrogen-bond donors (Lipinski definition) is 1. The molecule has 1 N–H and O–H groups in total. The van der Waals surface area contributed by atoms with Gasteiger partial charge in [0.05, 0.1) is 24.9 Å². The number of aliphatic hydroxyl groups is 1. The van der Waals surface area contributed by atoms with Gasteiger partial charge in [0.15, 0.2) is 6.10 Å². The fraction of sp³-hybridized carbons (Fsp3) is 0.538. The van der Waals surface area contributed by atoms with Crippen molar-refractivity contribution in [3.05, 3.63) is 12.2 Å². The highest BCUT2D eigenvalue weighted by molar-refractivity contribution is 6.99. The van der Waals surface area contributed by atoms with E-state index in [0.29, 0.717) is 32.1 Å². The topological polar surface area (TPSA) is 120 Å². The third kappa shape index (κ3) is 3.32. The zero-order valence-corrected chi connectivity index (χ0v) is 13.5. The molecule has 130 valence electrons. The van der Waals surface area contributed by atoms with Gasteiger partial charge in [-0.15, -0.1) is 4.37 Å². The predicted octanol–water partition coefficient (Wildman–Crippen LogP) is -0.556. The van der Waals surface area contributed by atoms with Crippen LogP contribution in [0.2, 0.25) is 0 Å². The van der Waals surface area contributed by atoms with Crippen molar-refractivity contribution in [1.82, 2.24) is 8.75 Å². The Morgan fingerprint density at radius 1 is 1.25 bits per heavy atom. The van der Waals surface area contributed by atoms with Crippen molar-refractivity contribution in [2.75, 3.05) is 31.2 Å². The Morgan fingerprint density at radius 2 is 1.88 bits per heavy atom. The summed E-state index contributed by atoms with van der Waals surface area (Å²) in [6.45, 7) is 3.45. The summed E-state index contributed by atoms with van der Waals surface area (Å²) in [6.07, 6.45) is 0.306. The van der Waals surface area contributed by atoms with E-state index < -0.39 is 24.0 Å². The standard InChI is InChI=1S/C13H15N3O7S/c1-8(17)13(21-9(18)2-3-10(19)22-13)23-12-11(14-24-15-12)16-4-6-20-7-5-16/h2-3,8,17H,4-7H2,1H3. The highest BCUT2D eigenvalue weighted by Gasteiger charge is 2.49. The van der Waals surface area contributed by atoms with E-state index >= 15 is 0 Å². The highest BCUT2D eigenvalue weighted by atomic mass is 32.1. The third-order valence-electron chi connectivity index (χ3n) is 3.34. The lowest BCUT2D eigenvalue weighted by atomic mass is 10.3. The molecule has 0 saturated carbocycles. The summed E-state index contributed by atoms with van der Waals surface area (Å²) in [5, 5.41) is 10.0. The fourth-order valence-electron chi connectivity index (χ4n) is 2.15. The van der Waals surface area contributed by atoms with Crippen molar-refractivity contribution in [3.8, 4) is 5.88 Å². The van der Waals surface area contributed by atoms with Crippen LogP contribution in [0.4, 0.5) is 5.82 Å². The Labute approximate surface area is 140 Å². The fourth-order valence-corrected chi connectivity index (χ4v) is 2.65. The number of nitrogens with zero attached hydrogens (tertiary/aromatic N) is 3. The summed E-state index contributed by atoms with van der Waals surface area (Å²) in [4.78, 5) is 25.2. The average Bonchev–Trinajstić information content (AvgIpc) is 2.95. The van der Waals surface area contributed by atoms with Crippen molar-refractivity contribution in [1.29, 1.82) is 0 Å². The first-order chi connectivity index (χ1) is 11.5. The molecule has 0 aromatic carbocycles. The number of carbonyl (C=O) groups is 2. The van der Waals surface area contributed by atoms with E-state index in [4.69, 9.17) is 18.9 Å². The minimum absolute atomic E-state index is 0.00898. The quantitative estimate of drug-likeness (QED) is 0.702. The van der Waals surface area contributed by atoms with E-state index in [9.17, 15) is 14.7 Å². The van der Waals surface area contributed by atoms with Crippen LogP contribution >= 0.6 is 11.7 Å². The Hall–Kier alpha value is -2.24. The third-order valence-corrected chi connectivity index (χ3v) is 3.85. The first kappa shape index (κ1) is 16.6. The molecular weight excluding hydrogens is 342 g/mol. The zero-order chi connectivity index (χ0) is 17.2. The smallest absolute Gasteiger partial charge is 0.396 e. The van der Waals surface area contributed by atoms with Gasteiger partial charge in [-0.05, 0) is 6.92 Å². The number of aromatic nitrogens is 2. The number of carbonyl (C=O) groups excluding carboxylic acids is 2. The maximum Gasteiger partial charge on any atom is 0.450 e. The molecule has 2 aliphatic rings. The molecule has 0 radical (unpaired) electrons. The molecule has 2 aliphatic heterocycles. The first-order valence-corrected chi connectivity index (χ1v) is 7.89. The summed E-state index contributed by atoms with van der Waals surface area (Å²) in [7, 11) is 0. The maximum absolute atomic E-state index is 11.7. The minimum atomic E-state index is -2.34. The van der Waals surface area contributed by atoms with E-state index in [1.165, 1.54) is 6.92 Å². The van der Waals surface area contributed by atoms with Gasteiger partial charge in [-0.25, -0.2) is 9.59 Å². The van der Waals surface area contributed by atoms with E-state index in [1.807, 2.05) is 4.90 Å². The molecule has 0 bridgehead atoms. The van der Waals surface area contributed by atoms with Crippen LogP contribution in [0.15, 0.2) is 12.2 Å². The molecule has 10 nitrogen and oxygen atoms in total. The van der Waals surface area contributed by atoms with Gasteiger partial charge in [-0.2, -0.15) is 4.37 Å². The monoisotopic (exact) mass is 357 g/mol. The Morgan fingerprint density at radius 3 is 2.46 bits per heavy atom. The molecule has 11 heteroatoms. The lowest BCUT2D eigenvalue weighted by molar-refractivity contribution is -0.338. The maximum atomic E-state index is 11.7. The average molecular weight is 357 g/mol. The molecule has 3 heterocycles. The molecule has 24 heavy (non-hydrogen) atoms. The second-order valence-electron chi connectivity index (χ2n) is 5.05. The molecular formula is C13H15N3O7S. The number of morpholine rings is 1. The van der Waals surface area contributed by atoms with Crippen molar-refractivity contribution < 1.29 is 33.6 Å². The van der Waals surface area contributed by atoms with Gasteiger partial charge in [0.25, 0.3) is 5.88 Å². The van der Waals surface area contributed by atoms with Crippen molar-refractivity contribution in [2.45, 2.75) is 19.0 Å². The van der Waals surface area contributed by atoms with Crippen LogP contribution in [0.25, 0.3) is 0 Å². The lowest BCUT2D eigenvalue weighted by Gasteiger charge is -2.33. The van der Waals surface area contributed by atoms with E-state index in [-0.39, 0.29) is 5.88 Å². The van der Waals surface area contributed by atoms with Crippen LogP contribution in [-0.4, -0.2) is 64.2 Å². The van der Waals surface area contributed by atoms with Crippen LogP contribution in [0, 0.1) is 0 Å². The van der Waals surface area contributed by atoms with E-state index in [1.54, 1.807) is 0 Å². The minimum Gasteiger partial charge on any atom is -0.396 e. The highest BCUT2D eigenvalue weighted by Crippen LogP contribution is 2.33. The number of hydrogen-bond acceptors (Lipinski definition) is 11. The molecule has 0 amide bonds. The molecule has 3 rings (SSSR count). The summed E-state index contributed by atoms with van der Waals surface area (Å²) in [6, 6.07) is 0. The summed E-state index contributed by atoms with van der Waals surface area (Å²) < 4.78 is 29.0. The normalized spacial score (nSPS) is 21.7. The number of cyclic esters (lactones) is 2. The van der Waals surface area contributed by atoms with Crippen LogP contribution in [0.5, 0.6) is 5.88 Å². The van der Waals surface area contributed by atoms with Crippen molar-refractivity contribution in [2.24, 2.45) is 0 Å². The molecule has 1 aromatic rings. The van der Waals surface area contributed by atoms with E-state index in [2.05, 4.69) is 8.75 Å². The summed E-state index contributed by atoms with van der Waals surface area (Å²) in [5.74, 6) is -3.73. The first-order valence-electron chi connectivity index (χ1n) is 7.16. The Balaban J connectivity index is 1.88. The molecule has 1 unspecified atom stereocenters. The lowest BCUT2D eigenvalue weighted by Crippen LogP contribution is -2.53. The molecule has 1 atom stereocenters. The van der Waals surface area contributed by atoms with Crippen LogP contribution in [-0.2, 0) is 23.8 Å². The number of esters is 2. The number of anilines is 1. The largest absolute Gasteiger partial charge is 0.450 e. The van der Waals surface area contributed by atoms with Gasteiger partial charge < -0.3 is 29.0 Å². The van der Waals surface area contributed by atoms with Crippen molar-refractivity contribution in [3.63, 3.8) is 0 Å². The number of ether oxygens (including phenoxy) is 4. The van der Waals surface area contributed by atoms with Crippen LogP contribution in [0.1, 0.15) is 6.92 Å². The molecule has 1 saturated heterocycles. The predicted molar refractivity (Wildman–Crippen MR) is 79.3 cm³/mol. The van der Waals surface area contributed by atoms with Gasteiger partial charge in [-0.3, -0.25) is 0 Å². The van der Waals surface area contributed by atoms with Crippen LogP contribution in [0.3, 0.4) is 0 Å².